The summed E-state index contributed by atoms with van der Waals surface area (Å²) in [6.45, 7) is 1.94. The molecule has 1 amide bonds. The summed E-state index contributed by atoms with van der Waals surface area (Å²) >= 11 is 0. The highest BCUT2D eigenvalue weighted by molar-refractivity contribution is 5.82. The molecule has 0 aliphatic carbocycles. The van der Waals surface area contributed by atoms with E-state index >= 15 is 0 Å². The molecule has 2 atom stereocenters. The van der Waals surface area contributed by atoms with Gasteiger partial charge in [-0.15, -0.1) is 10.2 Å². The van der Waals surface area contributed by atoms with Crippen LogP contribution in [0.15, 0.2) is 47.1 Å². The predicted octanol–water partition coefficient (Wildman–Crippen LogP) is 1.45. The van der Waals surface area contributed by atoms with Crippen molar-refractivity contribution in [1.82, 2.24) is 40.9 Å². The second-order valence-electron chi connectivity index (χ2n) is 7.28. The van der Waals surface area contributed by atoms with Crippen molar-refractivity contribution in [3.05, 3.63) is 65.6 Å². The number of hydrazine groups is 1. The fraction of sp³-hybridized carbons (Fsp3) is 0.250. The average Bonchev–Trinajstić information content (AvgIpc) is 3.52. The Hall–Kier alpha value is -3.70. The van der Waals surface area contributed by atoms with Crippen molar-refractivity contribution in [2.24, 2.45) is 0 Å². The molecule has 0 radical (unpaired) electrons. The van der Waals surface area contributed by atoms with Crippen LogP contribution < -0.4 is 16.2 Å². The van der Waals surface area contributed by atoms with E-state index in [1.165, 1.54) is 12.1 Å². The first-order valence-corrected chi connectivity index (χ1v) is 9.76. The van der Waals surface area contributed by atoms with E-state index in [2.05, 4.69) is 36.5 Å². The molecule has 0 bridgehead atoms. The monoisotopic (exact) mass is 422 g/mol. The summed E-state index contributed by atoms with van der Waals surface area (Å²) in [5, 5.41) is 15.1. The molecule has 0 saturated carbocycles. The van der Waals surface area contributed by atoms with Crippen molar-refractivity contribution in [3.63, 3.8) is 0 Å². The van der Waals surface area contributed by atoms with Gasteiger partial charge in [-0.3, -0.25) is 9.20 Å². The van der Waals surface area contributed by atoms with Crippen LogP contribution in [0.4, 0.5) is 4.39 Å². The molecule has 1 aliphatic rings. The Kier molecular flexibility index (Phi) is 4.88. The first-order chi connectivity index (χ1) is 15.1. The second-order valence-corrected chi connectivity index (χ2v) is 7.28. The second kappa shape index (κ2) is 7.85. The van der Waals surface area contributed by atoms with Gasteiger partial charge >= 0.3 is 0 Å². The number of rotatable bonds is 5. The van der Waals surface area contributed by atoms with Gasteiger partial charge in [-0.2, -0.15) is 4.98 Å². The third kappa shape index (κ3) is 3.76. The molecule has 31 heavy (non-hydrogen) atoms. The molecule has 1 aromatic carbocycles. The fourth-order valence-electron chi connectivity index (χ4n) is 3.59. The highest BCUT2D eigenvalue weighted by Gasteiger charge is 2.30. The highest BCUT2D eigenvalue weighted by atomic mass is 19.1. The van der Waals surface area contributed by atoms with Crippen LogP contribution in [0, 0.1) is 12.7 Å². The molecule has 0 spiro atoms. The Labute approximate surface area is 175 Å². The number of fused-ring (bicyclic) bond motifs is 1. The van der Waals surface area contributed by atoms with Crippen molar-refractivity contribution in [2.45, 2.75) is 32.0 Å². The molecular weight excluding hydrogens is 403 g/mol. The summed E-state index contributed by atoms with van der Waals surface area (Å²) in [5.41, 5.74) is 8.22. The van der Waals surface area contributed by atoms with Crippen LogP contribution >= 0.6 is 0 Å². The number of carbonyl (C=O) groups excluding carboxylic acids is 1. The van der Waals surface area contributed by atoms with Crippen LogP contribution in [-0.4, -0.2) is 36.7 Å². The molecule has 158 valence electrons. The molecule has 4 aromatic rings. The number of aromatic nitrogens is 5. The first kappa shape index (κ1) is 19.3. The number of amides is 1. The van der Waals surface area contributed by atoms with Gasteiger partial charge < -0.3 is 9.84 Å². The number of nitrogens with one attached hydrogen (secondary N) is 3. The van der Waals surface area contributed by atoms with E-state index in [0.717, 1.165) is 5.56 Å². The minimum atomic E-state index is -0.425. The largest absolute Gasteiger partial charge is 0.347 e. The Balaban J connectivity index is 1.26. The maximum Gasteiger partial charge on any atom is 0.261 e. The van der Waals surface area contributed by atoms with Crippen molar-refractivity contribution in [2.75, 3.05) is 0 Å². The number of pyridine rings is 1. The molecule has 1 saturated heterocycles. The normalized spacial score (nSPS) is 18.5. The van der Waals surface area contributed by atoms with Crippen LogP contribution in [-0.2, 0) is 11.3 Å². The van der Waals surface area contributed by atoms with Gasteiger partial charge in [-0.25, -0.2) is 15.2 Å². The van der Waals surface area contributed by atoms with E-state index < -0.39 is 6.04 Å². The molecular formula is C20H19FN8O2. The van der Waals surface area contributed by atoms with Gasteiger partial charge in [0.15, 0.2) is 17.3 Å². The number of nitrogens with zero attached hydrogens (tertiary/aromatic N) is 5. The smallest absolute Gasteiger partial charge is 0.261 e. The zero-order chi connectivity index (χ0) is 21.4. The van der Waals surface area contributed by atoms with E-state index in [1.807, 2.05) is 18.3 Å². The lowest BCUT2D eigenvalue weighted by molar-refractivity contribution is -0.123. The Bertz CT molecular complexity index is 1240. The van der Waals surface area contributed by atoms with E-state index in [0.29, 0.717) is 35.2 Å². The Morgan fingerprint density at radius 3 is 2.87 bits per heavy atom. The minimum Gasteiger partial charge on any atom is -0.347 e. The predicted molar refractivity (Wildman–Crippen MR) is 107 cm³/mol. The lowest BCUT2D eigenvalue weighted by atomic mass is 10.0. The van der Waals surface area contributed by atoms with Crippen molar-refractivity contribution >= 4 is 11.6 Å². The van der Waals surface area contributed by atoms with Gasteiger partial charge in [0.05, 0.1) is 12.1 Å². The van der Waals surface area contributed by atoms with E-state index in [-0.39, 0.29) is 24.3 Å². The Morgan fingerprint density at radius 2 is 2.10 bits per heavy atom. The fourth-order valence-corrected chi connectivity index (χ4v) is 3.59. The lowest BCUT2D eigenvalue weighted by Crippen LogP contribution is -2.43. The topological polar surface area (TPSA) is 122 Å². The molecule has 5 rings (SSSR count). The van der Waals surface area contributed by atoms with Gasteiger partial charge in [0.2, 0.25) is 5.91 Å². The molecule has 3 aromatic heterocycles. The van der Waals surface area contributed by atoms with Crippen molar-refractivity contribution in [1.29, 1.82) is 0 Å². The van der Waals surface area contributed by atoms with E-state index in [4.69, 9.17) is 4.52 Å². The van der Waals surface area contributed by atoms with E-state index in [1.54, 1.807) is 23.5 Å². The molecule has 1 fully saturated rings. The van der Waals surface area contributed by atoms with Crippen LogP contribution in [0.2, 0.25) is 0 Å². The van der Waals surface area contributed by atoms with Gasteiger partial charge in [0.25, 0.3) is 5.89 Å². The number of halogens is 1. The quantitative estimate of drug-likeness (QED) is 0.442. The van der Waals surface area contributed by atoms with Gasteiger partial charge in [-0.1, -0.05) is 17.3 Å². The van der Waals surface area contributed by atoms with Crippen LogP contribution in [0.1, 0.15) is 29.7 Å². The summed E-state index contributed by atoms with van der Waals surface area (Å²) in [7, 11) is 0. The van der Waals surface area contributed by atoms with Crippen LogP contribution in [0.3, 0.4) is 0 Å². The number of carbonyl (C=O) groups is 1. The lowest BCUT2D eigenvalue weighted by Gasteiger charge is -2.10. The highest BCUT2D eigenvalue weighted by Crippen LogP contribution is 2.23. The summed E-state index contributed by atoms with van der Waals surface area (Å²) in [6, 6.07) is 9.38. The maximum absolute atomic E-state index is 13.1. The van der Waals surface area contributed by atoms with Gasteiger partial charge in [0, 0.05) is 12.2 Å². The van der Waals surface area contributed by atoms with E-state index in [9.17, 15) is 9.18 Å². The maximum atomic E-state index is 13.1. The van der Waals surface area contributed by atoms with Crippen LogP contribution in [0.25, 0.3) is 17.1 Å². The molecule has 2 unspecified atom stereocenters. The molecule has 11 heteroatoms. The average molecular weight is 422 g/mol. The molecule has 1 aliphatic heterocycles. The third-order valence-corrected chi connectivity index (χ3v) is 5.18. The zero-order valence-corrected chi connectivity index (χ0v) is 16.5. The summed E-state index contributed by atoms with van der Waals surface area (Å²) in [6.07, 6.45) is 2.35. The standard InChI is InChI=1S/C20H19FN8O2/c1-11-23-20(31-28-11)14-3-2-8-29-17(26-27-18(14)29)10-22-19(30)16-9-15(24-25-16)12-4-6-13(21)7-5-12/h2-8,15-16,24-25H,9-10H2,1H3,(H,22,30). The van der Waals surface area contributed by atoms with Gasteiger partial charge in [-0.05, 0) is 43.2 Å². The summed E-state index contributed by atoms with van der Waals surface area (Å²) in [4.78, 5) is 16.9. The summed E-state index contributed by atoms with van der Waals surface area (Å²) in [5.74, 6) is 1.00. The number of aryl methyl sites for hydroxylation is 1. The number of hydrogen-bond donors (Lipinski definition) is 3. The number of benzene rings is 1. The minimum absolute atomic E-state index is 0.0781. The SMILES string of the molecule is Cc1noc(-c2cccn3c(CNC(=O)C4CC(c5ccc(F)cc5)NN4)nnc23)n1. The summed E-state index contributed by atoms with van der Waals surface area (Å²) < 4.78 is 20.1. The zero-order valence-electron chi connectivity index (χ0n) is 16.5. The molecule has 4 heterocycles. The molecule has 3 N–H and O–H groups in total. The van der Waals surface area contributed by atoms with Crippen LogP contribution in [0.5, 0.6) is 0 Å². The van der Waals surface area contributed by atoms with Crippen molar-refractivity contribution < 1.29 is 13.7 Å². The van der Waals surface area contributed by atoms with Crippen molar-refractivity contribution in [3.8, 4) is 11.5 Å². The third-order valence-electron chi connectivity index (χ3n) is 5.18. The van der Waals surface area contributed by atoms with Gasteiger partial charge in [0.1, 0.15) is 11.9 Å². The number of hydrogen-bond acceptors (Lipinski definition) is 8. The molecule has 10 nitrogen and oxygen atoms in total. The Morgan fingerprint density at radius 1 is 1.26 bits per heavy atom. The first-order valence-electron chi connectivity index (χ1n) is 9.76.